The normalized spacial score (nSPS) is 12.4. The minimum atomic E-state index is -0.294. The number of hydrogen-bond acceptors (Lipinski definition) is 2. The summed E-state index contributed by atoms with van der Waals surface area (Å²) in [7, 11) is 0. The molecule has 1 atom stereocenters. The lowest BCUT2D eigenvalue weighted by Crippen LogP contribution is -2.18. The lowest BCUT2D eigenvalue weighted by atomic mass is 10.1. The van der Waals surface area contributed by atoms with Crippen molar-refractivity contribution in [3.63, 3.8) is 0 Å². The van der Waals surface area contributed by atoms with Crippen molar-refractivity contribution in [1.29, 1.82) is 0 Å². The zero-order chi connectivity index (χ0) is 13.0. The van der Waals surface area contributed by atoms with Crippen LogP contribution in [0, 0.1) is 12.7 Å². The molecule has 3 heteroatoms. The molecule has 1 heterocycles. The number of nitrogens with zero attached hydrogens (tertiary/aromatic N) is 1. The Labute approximate surface area is 107 Å². The van der Waals surface area contributed by atoms with Crippen LogP contribution in [0.25, 0.3) is 0 Å². The molecule has 0 saturated heterocycles. The maximum Gasteiger partial charge on any atom is 0.141 e. The highest BCUT2D eigenvalue weighted by atomic mass is 19.1. The molecule has 0 amide bonds. The predicted octanol–water partition coefficient (Wildman–Crippen LogP) is 3.38. The highest BCUT2D eigenvalue weighted by Crippen LogP contribution is 2.14. The molecule has 0 bridgehead atoms. The van der Waals surface area contributed by atoms with Crippen molar-refractivity contribution in [2.24, 2.45) is 0 Å². The Morgan fingerprint density at radius 1 is 1.28 bits per heavy atom. The van der Waals surface area contributed by atoms with Gasteiger partial charge in [-0.25, -0.2) is 4.39 Å². The molecule has 2 nitrogen and oxygen atoms in total. The first-order chi connectivity index (χ1) is 8.65. The second-order valence-corrected chi connectivity index (χ2v) is 4.53. The molecule has 94 valence electrons. The number of nitrogens with one attached hydrogen (secondary N) is 1. The van der Waals surface area contributed by atoms with Gasteiger partial charge in [-0.15, -0.1) is 0 Å². The average Bonchev–Trinajstić information content (AvgIpc) is 2.36. The smallest absolute Gasteiger partial charge is 0.141 e. The van der Waals surface area contributed by atoms with Gasteiger partial charge in [0.15, 0.2) is 0 Å². The van der Waals surface area contributed by atoms with E-state index in [0.717, 1.165) is 5.56 Å². The molecule has 1 N–H and O–H groups in total. The summed E-state index contributed by atoms with van der Waals surface area (Å²) in [5.41, 5.74) is 3.34. The van der Waals surface area contributed by atoms with Gasteiger partial charge in [0.25, 0.3) is 0 Å². The fourth-order valence-electron chi connectivity index (χ4n) is 1.88. The zero-order valence-corrected chi connectivity index (χ0v) is 10.7. The monoisotopic (exact) mass is 244 g/mol. The van der Waals surface area contributed by atoms with Crippen LogP contribution in [-0.2, 0) is 6.54 Å². The van der Waals surface area contributed by atoms with Gasteiger partial charge in [0.05, 0.1) is 6.20 Å². The fourth-order valence-corrected chi connectivity index (χ4v) is 1.88. The van der Waals surface area contributed by atoms with E-state index in [-0.39, 0.29) is 11.9 Å². The third-order valence-electron chi connectivity index (χ3n) is 2.92. The third-order valence-corrected chi connectivity index (χ3v) is 2.92. The number of aryl methyl sites for hydroxylation is 1. The van der Waals surface area contributed by atoms with Crippen molar-refractivity contribution < 1.29 is 4.39 Å². The molecular weight excluding hydrogens is 227 g/mol. The van der Waals surface area contributed by atoms with Crippen molar-refractivity contribution in [1.82, 2.24) is 10.3 Å². The highest BCUT2D eigenvalue weighted by Gasteiger charge is 2.05. The summed E-state index contributed by atoms with van der Waals surface area (Å²) in [6.07, 6.45) is 2.90. The van der Waals surface area contributed by atoms with Crippen LogP contribution in [0.3, 0.4) is 0 Å². The molecule has 2 aromatic rings. The van der Waals surface area contributed by atoms with E-state index in [1.807, 2.05) is 6.07 Å². The van der Waals surface area contributed by atoms with Crippen molar-refractivity contribution in [2.45, 2.75) is 26.4 Å². The third kappa shape index (κ3) is 3.37. The zero-order valence-electron chi connectivity index (χ0n) is 10.7. The van der Waals surface area contributed by atoms with Gasteiger partial charge in [-0.3, -0.25) is 4.98 Å². The Morgan fingerprint density at radius 3 is 2.83 bits per heavy atom. The van der Waals surface area contributed by atoms with Crippen LogP contribution in [0.4, 0.5) is 4.39 Å². The first-order valence-corrected chi connectivity index (χ1v) is 6.04. The van der Waals surface area contributed by atoms with Crippen molar-refractivity contribution in [2.75, 3.05) is 0 Å². The lowest BCUT2D eigenvalue weighted by molar-refractivity contribution is 0.566. The maximum atomic E-state index is 13.0. The van der Waals surface area contributed by atoms with Gasteiger partial charge in [0, 0.05) is 18.8 Å². The number of aromatic nitrogens is 1. The van der Waals surface area contributed by atoms with E-state index in [4.69, 9.17) is 0 Å². The lowest BCUT2D eigenvalue weighted by Gasteiger charge is -2.14. The minimum absolute atomic E-state index is 0.230. The number of benzene rings is 1. The van der Waals surface area contributed by atoms with Crippen molar-refractivity contribution in [3.05, 3.63) is 65.2 Å². The summed E-state index contributed by atoms with van der Waals surface area (Å²) in [6.45, 7) is 4.79. The molecule has 1 aromatic heterocycles. The van der Waals surface area contributed by atoms with Gasteiger partial charge in [-0.05, 0) is 31.0 Å². The van der Waals surface area contributed by atoms with Crippen LogP contribution in [0.2, 0.25) is 0 Å². The average molecular weight is 244 g/mol. The van der Waals surface area contributed by atoms with Crippen molar-refractivity contribution >= 4 is 0 Å². The first kappa shape index (κ1) is 12.7. The van der Waals surface area contributed by atoms with Crippen molar-refractivity contribution in [3.8, 4) is 0 Å². The van der Waals surface area contributed by atoms with Gasteiger partial charge in [-0.2, -0.15) is 0 Å². The number of halogens is 1. The molecule has 0 radical (unpaired) electrons. The highest BCUT2D eigenvalue weighted by molar-refractivity contribution is 5.24. The Hall–Kier alpha value is -1.74. The van der Waals surface area contributed by atoms with Crippen LogP contribution in [0.1, 0.15) is 29.7 Å². The van der Waals surface area contributed by atoms with E-state index < -0.39 is 0 Å². The Balaban J connectivity index is 1.98. The summed E-state index contributed by atoms with van der Waals surface area (Å²) in [6, 6.07) is 10.1. The van der Waals surface area contributed by atoms with Crippen LogP contribution >= 0.6 is 0 Å². The van der Waals surface area contributed by atoms with Gasteiger partial charge < -0.3 is 5.32 Å². The predicted molar refractivity (Wildman–Crippen MR) is 70.6 cm³/mol. The quantitative estimate of drug-likeness (QED) is 0.891. The van der Waals surface area contributed by atoms with Gasteiger partial charge >= 0.3 is 0 Å². The molecule has 18 heavy (non-hydrogen) atoms. The number of rotatable bonds is 4. The Kier molecular flexibility index (Phi) is 4.05. The molecule has 0 aliphatic carbocycles. The number of pyridine rings is 1. The Morgan fingerprint density at radius 2 is 2.11 bits per heavy atom. The molecule has 0 spiro atoms. The summed E-state index contributed by atoms with van der Waals surface area (Å²) in [5.74, 6) is -0.294. The van der Waals surface area contributed by atoms with Gasteiger partial charge in [-0.1, -0.05) is 29.8 Å². The fraction of sp³-hybridized carbons (Fsp3) is 0.267. The second kappa shape index (κ2) is 5.74. The van der Waals surface area contributed by atoms with Gasteiger partial charge in [0.1, 0.15) is 5.82 Å². The second-order valence-electron chi connectivity index (χ2n) is 4.53. The topological polar surface area (TPSA) is 24.9 Å². The van der Waals surface area contributed by atoms with Crippen LogP contribution in [-0.4, -0.2) is 4.98 Å². The molecule has 1 aromatic carbocycles. The molecule has 0 aliphatic rings. The standard InChI is InChI=1S/C15H17FN2/c1-11-4-3-5-14(6-11)12(2)18-9-13-7-15(16)10-17-8-13/h3-8,10,12,18H,9H2,1-2H3/t12-/m0/s1. The van der Waals surface area contributed by atoms with E-state index >= 15 is 0 Å². The SMILES string of the molecule is Cc1cccc([C@H](C)NCc2cncc(F)c2)c1. The van der Waals surface area contributed by atoms with E-state index in [1.165, 1.54) is 23.4 Å². The minimum Gasteiger partial charge on any atom is -0.306 e. The van der Waals surface area contributed by atoms with E-state index in [0.29, 0.717) is 6.54 Å². The molecule has 2 rings (SSSR count). The van der Waals surface area contributed by atoms with E-state index in [9.17, 15) is 4.39 Å². The van der Waals surface area contributed by atoms with Crippen LogP contribution < -0.4 is 5.32 Å². The Bertz CT molecular complexity index is 525. The maximum absolute atomic E-state index is 13.0. The molecule has 0 unspecified atom stereocenters. The first-order valence-electron chi connectivity index (χ1n) is 6.04. The molecule has 0 saturated carbocycles. The van der Waals surface area contributed by atoms with E-state index in [2.05, 4.69) is 42.3 Å². The van der Waals surface area contributed by atoms with Crippen LogP contribution in [0.5, 0.6) is 0 Å². The molecule has 0 aliphatic heterocycles. The summed E-state index contributed by atoms with van der Waals surface area (Å²) in [5, 5.41) is 3.36. The molecule has 0 fully saturated rings. The van der Waals surface area contributed by atoms with Gasteiger partial charge in [0.2, 0.25) is 0 Å². The van der Waals surface area contributed by atoms with Crippen LogP contribution in [0.15, 0.2) is 42.7 Å². The number of hydrogen-bond donors (Lipinski definition) is 1. The largest absolute Gasteiger partial charge is 0.306 e. The molecular formula is C15H17FN2. The van der Waals surface area contributed by atoms with E-state index in [1.54, 1.807) is 6.20 Å². The summed E-state index contributed by atoms with van der Waals surface area (Å²) >= 11 is 0. The summed E-state index contributed by atoms with van der Waals surface area (Å²) in [4.78, 5) is 3.83. The summed E-state index contributed by atoms with van der Waals surface area (Å²) < 4.78 is 13.0.